The zero-order valence-corrected chi connectivity index (χ0v) is 13.6. The van der Waals surface area contributed by atoms with E-state index >= 15 is 0 Å². The van der Waals surface area contributed by atoms with Crippen LogP contribution in [0.3, 0.4) is 0 Å². The highest BCUT2D eigenvalue weighted by Crippen LogP contribution is 2.16. The molecule has 2 aromatic rings. The summed E-state index contributed by atoms with van der Waals surface area (Å²) in [7, 11) is -1.17. The van der Waals surface area contributed by atoms with E-state index in [1.807, 2.05) is 6.92 Å². The SMILES string of the molecule is Cc1ccc(S(=O)(=O)Nc2cn(C)c(=O)n(C)c2=O)cc1C. The van der Waals surface area contributed by atoms with Gasteiger partial charge < -0.3 is 4.57 Å². The summed E-state index contributed by atoms with van der Waals surface area (Å²) < 4.78 is 29.0. The lowest BCUT2D eigenvalue weighted by Gasteiger charge is -2.11. The van der Waals surface area contributed by atoms with Gasteiger partial charge in [-0.3, -0.25) is 14.1 Å². The first-order valence-corrected chi connectivity index (χ1v) is 7.98. The zero-order valence-electron chi connectivity index (χ0n) is 12.7. The summed E-state index contributed by atoms with van der Waals surface area (Å²) in [6, 6.07) is 4.70. The van der Waals surface area contributed by atoms with Crippen molar-refractivity contribution in [1.29, 1.82) is 0 Å². The molecule has 0 unspecified atom stereocenters. The molecule has 0 bridgehead atoms. The van der Waals surface area contributed by atoms with Gasteiger partial charge in [0, 0.05) is 20.3 Å². The van der Waals surface area contributed by atoms with E-state index in [1.165, 1.54) is 32.4 Å². The molecule has 0 aliphatic carbocycles. The number of hydrogen-bond acceptors (Lipinski definition) is 4. The molecule has 0 radical (unpaired) electrons. The van der Waals surface area contributed by atoms with Gasteiger partial charge in [-0.05, 0) is 37.1 Å². The average Bonchev–Trinajstić information content (AvgIpc) is 2.45. The van der Waals surface area contributed by atoms with Crippen molar-refractivity contribution in [3.8, 4) is 0 Å². The first-order chi connectivity index (χ1) is 10.1. The normalized spacial score (nSPS) is 11.5. The number of benzene rings is 1. The van der Waals surface area contributed by atoms with Crippen LogP contribution < -0.4 is 16.0 Å². The molecule has 0 saturated heterocycles. The molecular weight excluding hydrogens is 306 g/mol. The van der Waals surface area contributed by atoms with Crippen LogP contribution in [0.25, 0.3) is 0 Å². The average molecular weight is 323 g/mol. The van der Waals surface area contributed by atoms with Gasteiger partial charge in [-0.1, -0.05) is 6.07 Å². The Hall–Kier alpha value is -2.35. The van der Waals surface area contributed by atoms with Crippen molar-refractivity contribution < 1.29 is 8.42 Å². The molecule has 1 aromatic carbocycles. The number of hydrogen-bond donors (Lipinski definition) is 1. The van der Waals surface area contributed by atoms with Gasteiger partial charge >= 0.3 is 5.69 Å². The summed E-state index contributed by atoms with van der Waals surface area (Å²) in [5.74, 6) is 0. The van der Waals surface area contributed by atoms with E-state index in [4.69, 9.17) is 0 Å². The Morgan fingerprint density at radius 3 is 2.27 bits per heavy atom. The lowest BCUT2D eigenvalue weighted by atomic mass is 10.1. The van der Waals surface area contributed by atoms with E-state index in [9.17, 15) is 18.0 Å². The number of aryl methyl sites for hydroxylation is 3. The summed E-state index contributed by atoms with van der Waals surface area (Å²) in [4.78, 5) is 23.7. The smallest absolute Gasteiger partial charge is 0.301 e. The van der Waals surface area contributed by atoms with Crippen LogP contribution in [-0.4, -0.2) is 17.6 Å². The molecular formula is C14H17N3O4S. The minimum atomic E-state index is -3.90. The van der Waals surface area contributed by atoms with E-state index in [-0.39, 0.29) is 10.6 Å². The lowest BCUT2D eigenvalue weighted by Crippen LogP contribution is -2.38. The van der Waals surface area contributed by atoms with Crippen LogP contribution in [0.15, 0.2) is 38.9 Å². The molecule has 0 aliphatic heterocycles. The van der Waals surface area contributed by atoms with Gasteiger partial charge in [0.15, 0.2) is 0 Å². The molecule has 0 atom stereocenters. The minimum absolute atomic E-state index is 0.0616. The third-order valence-corrected chi connectivity index (χ3v) is 4.84. The second kappa shape index (κ2) is 5.45. The Kier molecular flexibility index (Phi) is 3.97. The Balaban J connectivity index is 2.52. The molecule has 22 heavy (non-hydrogen) atoms. The fourth-order valence-electron chi connectivity index (χ4n) is 1.96. The van der Waals surface area contributed by atoms with Crippen molar-refractivity contribution in [2.45, 2.75) is 18.7 Å². The predicted octanol–water partition coefficient (Wildman–Crippen LogP) is 0.502. The van der Waals surface area contributed by atoms with E-state index in [0.29, 0.717) is 0 Å². The van der Waals surface area contributed by atoms with Crippen LogP contribution in [0.1, 0.15) is 11.1 Å². The fraction of sp³-hybridized carbons (Fsp3) is 0.286. The third kappa shape index (κ3) is 2.82. The Bertz CT molecular complexity index is 955. The molecule has 8 heteroatoms. The van der Waals surface area contributed by atoms with E-state index in [0.717, 1.165) is 20.3 Å². The maximum Gasteiger partial charge on any atom is 0.330 e. The molecule has 0 amide bonds. The number of anilines is 1. The van der Waals surface area contributed by atoms with Gasteiger partial charge in [-0.15, -0.1) is 0 Å². The van der Waals surface area contributed by atoms with E-state index in [1.54, 1.807) is 13.0 Å². The molecule has 1 heterocycles. The highest BCUT2D eigenvalue weighted by Gasteiger charge is 2.18. The molecule has 1 N–H and O–H groups in total. The third-order valence-electron chi connectivity index (χ3n) is 3.48. The maximum absolute atomic E-state index is 12.4. The van der Waals surface area contributed by atoms with Crippen molar-refractivity contribution in [3.63, 3.8) is 0 Å². The van der Waals surface area contributed by atoms with E-state index in [2.05, 4.69) is 4.72 Å². The number of nitrogens with one attached hydrogen (secondary N) is 1. The second-order valence-electron chi connectivity index (χ2n) is 5.15. The molecule has 0 spiro atoms. The maximum atomic E-state index is 12.4. The summed E-state index contributed by atoms with van der Waals surface area (Å²) in [5, 5.41) is 0. The van der Waals surface area contributed by atoms with Crippen molar-refractivity contribution in [1.82, 2.24) is 9.13 Å². The monoisotopic (exact) mass is 323 g/mol. The van der Waals surface area contributed by atoms with Crippen molar-refractivity contribution >= 4 is 15.7 Å². The van der Waals surface area contributed by atoms with Crippen LogP contribution >= 0.6 is 0 Å². The molecule has 0 aliphatic rings. The summed E-state index contributed by atoms with van der Waals surface area (Å²) in [6.07, 6.45) is 1.17. The van der Waals surface area contributed by atoms with Crippen LogP contribution in [0.5, 0.6) is 0 Å². The summed E-state index contributed by atoms with van der Waals surface area (Å²) in [5.41, 5.74) is 0.394. The Morgan fingerprint density at radius 1 is 1.05 bits per heavy atom. The Morgan fingerprint density at radius 2 is 1.68 bits per heavy atom. The topological polar surface area (TPSA) is 90.2 Å². The van der Waals surface area contributed by atoms with Crippen molar-refractivity contribution in [2.24, 2.45) is 14.1 Å². The molecule has 0 saturated carbocycles. The number of rotatable bonds is 3. The number of sulfonamides is 1. The summed E-state index contributed by atoms with van der Waals surface area (Å²) in [6.45, 7) is 3.68. The molecule has 1 aromatic heterocycles. The van der Waals surface area contributed by atoms with E-state index < -0.39 is 21.3 Å². The van der Waals surface area contributed by atoms with Crippen LogP contribution in [-0.2, 0) is 24.1 Å². The van der Waals surface area contributed by atoms with Gasteiger partial charge in [-0.25, -0.2) is 13.2 Å². The quantitative estimate of drug-likeness (QED) is 0.891. The van der Waals surface area contributed by atoms with Gasteiger partial charge in [0.1, 0.15) is 5.69 Å². The van der Waals surface area contributed by atoms with Crippen molar-refractivity contribution in [2.75, 3.05) is 4.72 Å². The number of aromatic nitrogens is 2. The van der Waals surface area contributed by atoms with Gasteiger partial charge in [0.2, 0.25) is 0 Å². The standard InChI is InChI=1S/C14H17N3O4S/c1-9-5-6-11(7-10(9)2)22(20,21)15-12-8-16(3)14(19)17(4)13(12)18/h5-8,15H,1-4H3. The van der Waals surface area contributed by atoms with Crippen molar-refractivity contribution in [3.05, 3.63) is 56.4 Å². The molecule has 7 nitrogen and oxygen atoms in total. The zero-order chi connectivity index (χ0) is 16.7. The largest absolute Gasteiger partial charge is 0.330 e. The van der Waals surface area contributed by atoms with Crippen LogP contribution in [0.2, 0.25) is 0 Å². The molecule has 0 fully saturated rings. The van der Waals surface area contributed by atoms with Crippen LogP contribution in [0, 0.1) is 13.8 Å². The number of nitrogens with zero attached hydrogens (tertiary/aromatic N) is 2. The summed E-state index contributed by atoms with van der Waals surface area (Å²) >= 11 is 0. The predicted molar refractivity (Wildman–Crippen MR) is 83.6 cm³/mol. The lowest BCUT2D eigenvalue weighted by molar-refractivity contribution is 0.600. The first kappa shape index (κ1) is 16.0. The first-order valence-electron chi connectivity index (χ1n) is 6.50. The fourth-order valence-corrected chi connectivity index (χ4v) is 3.09. The molecule has 2 rings (SSSR count). The highest BCUT2D eigenvalue weighted by molar-refractivity contribution is 7.92. The van der Waals surface area contributed by atoms with Gasteiger partial charge in [0.25, 0.3) is 15.6 Å². The van der Waals surface area contributed by atoms with Gasteiger partial charge in [0.05, 0.1) is 4.90 Å². The highest BCUT2D eigenvalue weighted by atomic mass is 32.2. The second-order valence-corrected chi connectivity index (χ2v) is 6.83. The molecule has 118 valence electrons. The Labute approximate surface area is 127 Å². The minimum Gasteiger partial charge on any atom is -0.301 e. The van der Waals surface area contributed by atoms with Crippen LogP contribution in [0.4, 0.5) is 5.69 Å². The van der Waals surface area contributed by atoms with Gasteiger partial charge in [-0.2, -0.15) is 0 Å².